The monoisotopic (exact) mass is 639 g/mol. The molecular formula is C40H49NO6. The Balaban J connectivity index is 1.11. The molecule has 7 heteroatoms. The van der Waals surface area contributed by atoms with Crippen LogP contribution in [0.1, 0.15) is 94.7 Å². The quantitative estimate of drug-likeness (QED) is 0.242. The molecule has 0 aromatic heterocycles. The van der Waals surface area contributed by atoms with E-state index >= 15 is 0 Å². The van der Waals surface area contributed by atoms with E-state index in [-0.39, 0.29) is 29.5 Å². The fourth-order valence-corrected chi connectivity index (χ4v) is 9.35. The van der Waals surface area contributed by atoms with Crippen molar-refractivity contribution in [2.24, 2.45) is 22.7 Å². The lowest BCUT2D eigenvalue weighted by atomic mass is 9.51. The second-order valence-electron chi connectivity index (χ2n) is 15.9. The predicted octanol–water partition coefficient (Wildman–Crippen LogP) is 7.25. The molecular weight excluding hydrogens is 590 g/mol. The molecule has 6 atom stereocenters. The number of aliphatic hydroxyl groups excluding tert-OH is 1. The van der Waals surface area contributed by atoms with Gasteiger partial charge >= 0.3 is 6.09 Å². The number of allylic oxidation sites excluding steroid dienone is 1. The van der Waals surface area contributed by atoms with Crippen molar-refractivity contribution < 1.29 is 29.2 Å². The van der Waals surface area contributed by atoms with Crippen LogP contribution in [-0.2, 0) is 14.2 Å². The minimum Gasteiger partial charge on any atom is -0.436 e. The summed E-state index contributed by atoms with van der Waals surface area (Å²) in [5, 5.41) is 26.4. The zero-order valence-corrected chi connectivity index (χ0v) is 28.2. The smallest absolute Gasteiger partial charge is 0.412 e. The van der Waals surface area contributed by atoms with Crippen LogP contribution in [0.15, 0.2) is 59.7 Å². The Morgan fingerprint density at radius 1 is 1.00 bits per heavy atom. The van der Waals surface area contributed by atoms with Crippen LogP contribution >= 0.6 is 0 Å². The molecule has 250 valence electrons. The summed E-state index contributed by atoms with van der Waals surface area (Å²) in [5.41, 5.74) is 5.35. The lowest BCUT2D eigenvalue weighted by Gasteiger charge is -2.57. The highest BCUT2D eigenvalue weighted by Gasteiger charge is 2.60. The number of carbonyl (C=O) groups excluding carboxylic acids is 1. The van der Waals surface area contributed by atoms with Crippen LogP contribution in [0.25, 0.3) is 0 Å². The number of rotatable bonds is 3. The van der Waals surface area contributed by atoms with Crippen LogP contribution in [0.2, 0.25) is 0 Å². The van der Waals surface area contributed by atoms with Gasteiger partial charge in [-0.15, -0.1) is 0 Å². The Morgan fingerprint density at radius 2 is 1.72 bits per heavy atom. The summed E-state index contributed by atoms with van der Waals surface area (Å²) in [6, 6.07) is 15.9. The van der Waals surface area contributed by atoms with E-state index < -0.39 is 17.5 Å². The first-order chi connectivity index (χ1) is 22.4. The molecule has 0 bridgehead atoms. The lowest BCUT2D eigenvalue weighted by Crippen LogP contribution is -2.57. The van der Waals surface area contributed by atoms with Crippen molar-refractivity contribution in [3.63, 3.8) is 0 Å². The number of benzene rings is 2. The minimum atomic E-state index is -0.939. The summed E-state index contributed by atoms with van der Waals surface area (Å²) < 4.78 is 18.0. The Kier molecular flexibility index (Phi) is 8.32. The fourth-order valence-electron chi connectivity index (χ4n) is 9.35. The van der Waals surface area contributed by atoms with Crippen LogP contribution in [0, 0.1) is 41.4 Å². The van der Waals surface area contributed by atoms with Crippen molar-refractivity contribution >= 4 is 11.8 Å². The van der Waals surface area contributed by atoms with E-state index in [1.165, 1.54) is 16.7 Å². The fraction of sp³-hybridized carbons (Fsp3) is 0.575. The maximum atomic E-state index is 12.4. The van der Waals surface area contributed by atoms with Crippen LogP contribution in [0.3, 0.4) is 0 Å². The molecule has 2 aromatic rings. The number of aliphatic hydroxyl groups is 2. The molecule has 1 heterocycles. The van der Waals surface area contributed by atoms with Crippen molar-refractivity contribution in [1.29, 1.82) is 0 Å². The van der Waals surface area contributed by atoms with Gasteiger partial charge in [0.2, 0.25) is 0 Å². The standard InChI is InChI=1S/C40H49NO6/c1-26-7-13-29(14-8-26)41-36(43)45-21-5-6-27-9-11-28(12-10-27)31-22-38(4)32(15-16-34(38)42)30-17-19-39(44)23-40(20-18-33(39)35(30)31)46-24-37(2,3)25-47-40/h7-14,30-32,34,42,44H,15-25H2,1-4H3,(H,41,43)/t30?,31?,32?,34-,38?,39?/m0/s1. The molecule has 3 saturated carbocycles. The second kappa shape index (κ2) is 12.1. The first-order valence-corrected chi connectivity index (χ1v) is 17.4. The number of carbonyl (C=O) groups is 1. The molecule has 47 heavy (non-hydrogen) atoms. The molecule has 0 radical (unpaired) electrons. The molecule has 1 aliphatic heterocycles. The number of nitrogens with one attached hydrogen (secondary N) is 1. The summed E-state index contributed by atoms with van der Waals surface area (Å²) in [6.45, 7) is 9.87. The first kappa shape index (κ1) is 32.4. The molecule has 4 fully saturated rings. The van der Waals surface area contributed by atoms with Crippen molar-refractivity contribution in [2.45, 2.75) is 102 Å². The number of aryl methyl sites for hydroxylation is 1. The van der Waals surface area contributed by atoms with Crippen LogP contribution in [-0.4, -0.2) is 53.6 Å². The third-order valence-electron chi connectivity index (χ3n) is 11.9. The number of amides is 1. The maximum Gasteiger partial charge on any atom is 0.412 e. The SMILES string of the molecule is Cc1ccc(NC(=O)OCC#Cc2ccc(C3CC4(C)C(CC[C@@H]4O)C4CCC5(O)CC6(CCC5=C34)OCC(C)(C)CO6)cc2)cc1. The Hall–Kier alpha value is -3.15. The van der Waals surface area contributed by atoms with Crippen molar-refractivity contribution in [3.8, 4) is 11.8 Å². The number of ether oxygens (including phenoxy) is 3. The van der Waals surface area contributed by atoms with E-state index in [1.54, 1.807) is 0 Å². The Morgan fingerprint density at radius 3 is 2.45 bits per heavy atom. The molecule has 7 nitrogen and oxygen atoms in total. The average molecular weight is 640 g/mol. The largest absolute Gasteiger partial charge is 0.436 e. The van der Waals surface area contributed by atoms with Gasteiger partial charge in [-0.1, -0.05) is 68.0 Å². The van der Waals surface area contributed by atoms with E-state index in [4.69, 9.17) is 14.2 Å². The normalized spacial score (nSPS) is 33.6. The van der Waals surface area contributed by atoms with Gasteiger partial charge in [0.05, 0.1) is 24.9 Å². The van der Waals surface area contributed by atoms with Gasteiger partial charge in [0, 0.05) is 35.4 Å². The molecule has 2 aromatic carbocycles. The Labute approximate surface area is 279 Å². The van der Waals surface area contributed by atoms with Gasteiger partial charge in [-0.25, -0.2) is 4.79 Å². The van der Waals surface area contributed by atoms with Gasteiger partial charge in [-0.3, -0.25) is 5.32 Å². The number of hydrogen-bond acceptors (Lipinski definition) is 6. The number of anilines is 1. The van der Waals surface area contributed by atoms with E-state index in [0.29, 0.717) is 43.6 Å². The van der Waals surface area contributed by atoms with Crippen LogP contribution in [0.4, 0.5) is 10.5 Å². The summed E-state index contributed by atoms with van der Waals surface area (Å²) >= 11 is 0. The van der Waals surface area contributed by atoms with E-state index in [9.17, 15) is 15.0 Å². The highest BCUT2D eigenvalue weighted by molar-refractivity contribution is 5.84. The van der Waals surface area contributed by atoms with E-state index in [1.807, 2.05) is 43.3 Å². The van der Waals surface area contributed by atoms with Crippen molar-refractivity contribution in [1.82, 2.24) is 0 Å². The topological polar surface area (TPSA) is 97.3 Å². The van der Waals surface area contributed by atoms with Gasteiger partial charge in [-0.05, 0) is 98.1 Å². The lowest BCUT2D eigenvalue weighted by molar-refractivity contribution is -0.322. The first-order valence-electron chi connectivity index (χ1n) is 17.4. The molecule has 4 aliphatic carbocycles. The summed E-state index contributed by atoms with van der Waals surface area (Å²) in [4.78, 5) is 12.2. The Bertz CT molecular complexity index is 1590. The molecule has 1 saturated heterocycles. The summed E-state index contributed by atoms with van der Waals surface area (Å²) in [7, 11) is 0. The zero-order valence-electron chi connectivity index (χ0n) is 28.2. The molecule has 1 amide bonds. The highest BCUT2D eigenvalue weighted by atomic mass is 16.7. The molecule has 7 rings (SSSR count). The third-order valence-corrected chi connectivity index (χ3v) is 11.9. The third kappa shape index (κ3) is 6.15. The predicted molar refractivity (Wildman–Crippen MR) is 181 cm³/mol. The zero-order chi connectivity index (χ0) is 33.0. The summed E-state index contributed by atoms with van der Waals surface area (Å²) in [6.07, 6.45) is 5.55. The van der Waals surface area contributed by atoms with Gasteiger partial charge in [0.1, 0.15) is 0 Å². The number of fused-ring (bicyclic) bond motifs is 4. The van der Waals surface area contributed by atoms with Gasteiger partial charge in [0.25, 0.3) is 0 Å². The van der Waals surface area contributed by atoms with Crippen molar-refractivity contribution in [2.75, 3.05) is 25.1 Å². The molecule has 5 aliphatic rings. The second-order valence-corrected chi connectivity index (χ2v) is 15.9. The molecule has 3 N–H and O–H groups in total. The molecule has 1 spiro atoms. The van der Waals surface area contributed by atoms with E-state index in [2.05, 4.69) is 50.1 Å². The number of hydrogen-bond donors (Lipinski definition) is 3. The van der Waals surface area contributed by atoms with E-state index in [0.717, 1.165) is 49.7 Å². The van der Waals surface area contributed by atoms with Crippen molar-refractivity contribution in [3.05, 3.63) is 76.4 Å². The average Bonchev–Trinajstić information content (AvgIpc) is 3.35. The van der Waals surface area contributed by atoms with Gasteiger partial charge in [0.15, 0.2) is 12.4 Å². The maximum absolute atomic E-state index is 12.4. The highest BCUT2D eigenvalue weighted by Crippen LogP contribution is 2.65. The van der Waals surface area contributed by atoms with Gasteiger partial charge in [-0.2, -0.15) is 0 Å². The van der Waals surface area contributed by atoms with Crippen LogP contribution < -0.4 is 5.32 Å². The summed E-state index contributed by atoms with van der Waals surface area (Å²) in [5.74, 6) is 6.27. The van der Waals surface area contributed by atoms with Gasteiger partial charge < -0.3 is 24.4 Å². The molecule has 5 unspecified atom stereocenters. The van der Waals surface area contributed by atoms with Crippen LogP contribution in [0.5, 0.6) is 0 Å². The minimum absolute atomic E-state index is 0.0113.